The molecule has 0 bridgehead atoms. The van der Waals surface area contributed by atoms with E-state index in [2.05, 4.69) is 6.58 Å². The van der Waals surface area contributed by atoms with Crippen molar-refractivity contribution in [1.82, 2.24) is 4.57 Å². The summed E-state index contributed by atoms with van der Waals surface area (Å²) in [5.74, 6) is -3.58. The number of fused-ring (bicyclic) bond motifs is 1. The Kier molecular flexibility index (Phi) is 5.35. The maximum absolute atomic E-state index is 14.7. The lowest BCUT2D eigenvalue weighted by Crippen LogP contribution is -2.22. The van der Waals surface area contributed by atoms with Gasteiger partial charge in [0.25, 0.3) is 0 Å². The van der Waals surface area contributed by atoms with Crippen molar-refractivity contribution in [2.45, 2.75) is 25.5 Å². The third kappa shape index (κ3) is 3.70. The van der Waals surface area contributed by atoms with Crippen molar-refractivity contribution in [2.24, 2.45) is 0 Å². The number of pyridine rings is 1. The highest BCUT2D eigenvalue weighted by Gasteiger charge is 2.30. The van der Waals surface area contributed by atoms with Crippen LogP contribution in [0, 0.1) is 11.6 Å². The van der Waals surface area contributed by atoms with E-state index < -0.39 is 23.0 Å². The number of benzene rings is 2. The van der Waals surface area contributed by atoms with Crippen molar-refractivity contribution >= 4 is 16.9 Å². The minimum absolute atomic E-state index is 0.00169. The molecule has 0 radical (unpaired) electrons. The topological polar surface area (TPSA) is 57.5 Å². The zero-order chi connectivity index (χ0) is 21.3. The Bertz CT molecular complexity index is 1180. The Morgan fingerprint density at radius 1 is 1.23 bits per heavy atom. The largest absolute Gasteiger partial charge is 0.483 e. The van der Waals surface area contributed by atoms with E-state index in [0.29, 0.717) is 0 Å². The van der Waals surface area contributed by atoms with Gasteiger partial charge in [-0.2, -0.15) is 4.39 Å². The maximum Gasteiger partial charge on any atom is 0.343 e. The fourth-order valence-electron chi connectivity index (χ4n) is 3.29. The second-order valence-electron chi connectivity index (χ2n) is 7.07. The Labute approximate surface area is 171 Å². The van der Waals surface area contributed by atoms with E-state index in [1.807, 2.05) is 6.07 Å². The smallest absolute Gasteiger partial charge is 0.343 e. The zero-order valence-corrected chi connectivity index (χ0v) is 16.1. The van der Waals surface area contributed by atoms with Gasteiger partial charge in [0.15, 0.2) is 11.6 Å². The quantitative estimate of drug-likeness (QED) is 0.423. The van der Waals surface area contributed by atoms with Crippen LogP contribution in [-0.4, -0.2) is 17.1 Å². The summed E-state index contributed by atoms with van der Waals surface area (Å²) in [6.07, 6.45) is 4.30. The number of hydrogen-bond donors (Lipinski definition) is 0. The molecule has 0 unspecified atom stereocenters. The summed E-state index contributed by atoms with van der Waals surface area (Å²) in [5, 5.41) is -0.128. The number of nitrogens with zero attached hydrogens (tertiary/aromatic N) is 1. The van der Waals surface area contributed by atoms with Gasteiger partial charge in [-0.05, 0) is 24.5 Å². The summed E-state index contributed by atoms with van der Waals surface area (Å²) >= 11 is 0. The van der Waals surface area contributed by atoms with Gasteiger partial charge in [-0.15, -0.1) is 0 Å². The Balaban J connectivity index is 1.88. The first-order valence-corrected chi connectivity index (χ1v) is 9.53. The molecule has 0 spiro atoms. The van der Waals surface area contributed by atoms with Crippen LogP contribution in [0.3, 0.4) is 0 Å². The molecule has 1 aliphatic carbocycles. The first-order valence-electron chi connectivity index (χ1n) is 9.53. The molecule has 0 saturated heterocycles. The average molecular weight is 411 g/mol. The summed E-state index contributed by atoms with van der Waals surface area (Å²) in [5.41, 5.74) is -0.0763. The van der Waals surface area contributed by atoms with Gasteiger partial charge >= 0.3 is 5.97 Å². The van der Waals surface area contributed by atoms with E-state index in [9.17, 15) is 18.4 Å². The molecule has 3 aromatic rings. The first-order chi connectivity index (χ1) is 14.5. The second kappa shape index (κ2) is 8.10. The number of carbonyl (C=O) groups excluding carboxylic acids is 1. The van der Waals surface area contributed by atoms with Crippen LogP contribution in [0.5, 0.6) is 5.75 Å². The van der Waals surface area contributed by atoms with Crippen molar-refractivity contribution in [1.29, 1.82) is 0 Å². The van der Waals surface area contributed by atoms with E-state index in [1.54, 1.807) is 28.8 Å². The van der Waals surface area contributed by atoms with Gasteiger partial charge in [0, 0.05) is 12.2 Å². The summed E-state index contributed by atoms with van der Waals surface area (Å²) in [6, 6.07) is 9.80. The highest BCUT2D eigenvalue weighted by molar-refractivity contribution is 5.95. The summed E-state index contributed by atoms with van der Waals surface area (Å²) in [7, 11) is 0. The number of ether oxygens (including phenoxy) is 2. The van der Waals surface area contributed by atoms with E-state index >= 15 is 0 Å². The van der Waals surface area contributed by atoms with Crippen molar-refractivity contribution in [2.75, 3.05) is 6.61 Å². The number of rotatable bonds is 7. The molecule has 2 aromatic carbocycles. The van der Waals surface area contributed by atoms with E-state index in [4.69, 9.17) is 9.47 Å². The molecule has 1 aromatic heterocycles. The van der Waals surface area contributed by atoms with Gasteiger partial charge in [0.05, 0.1) is 10.9 Å². The van der Waals surface area contributed by atoms with Crippen LogP contribution in [0.25, 0.3) is 10.9 Å². The fraction of sp³-hybridized carbons (Fsp3) is 0.217. The number of hydrogen-bond acceptors (Lipinski definition) is 4. The predicted molar refractivity (Wildman–Crippen MR) is 108 cm³/mol. The van der Waals surface area contributed by atoms with Crippen LogP contribution in [0.2, 0.25) is 0 Å². The lowest BCUT2D eigenvalue weighted by molar-refractivity contribution is 0.0547. The summed E-state index contributed by atoms with van der Waals surface area (Å²) in [4.78, 5) is 25.3. The Morgan fingerprint density at radius 2 is 1.97 bits per heavy atom. The molecule has 4 rings (SSSR count). The molecule has 1 saturated carbocycles. The number of halogens is 2. The lowest BCUT2D eigenvalue weighted by Gasteiger charge is -2.17. The van der Waals surface area contributed by atoms with Gasteiger partial charge in [0.2, 0.25) is 11.2 Å². The minimum Gasteiger partial charge on any atom is -0.483 e. The number of carbonyl (C=O) groups is 1. The third-order valence-corrected chi connectivity index (χ3v) is 4.88. The highest BCUT2D eigenvalue weighted by atomic mass is 19.2. The van der Waals surface area contributed by atoms with Gasteiger partial charge in [-0.1, -0.05) is 43.0 Å². The molecule has 1 aliphatic rings. The lowest BCUT2D eigenvalue weighted by atomic mass is 10.1. The fourth-order valence-corrected chi connectivity index (χ4v) is 3.29. The van der Waals surface area contributed by atoms with Crippen LogP contribution < -0.4 is 10.2 Å². The molecule has 0 N–H and O–H groups in total. The van der Waals surface area contributed by atoms with E-state index in [0.717, 1.165) is 24.5 Å². The Morgan fingerprint density at radius 3 is 2.63 bits per heavy atom. The van der Waals surface area contributed by atoms with Crippen LogP contribution >= 0.6 is 0 Å². The molecule has 30 heavy (non-hydrogen) atoms. The standard InChI is InChI=1S/C23H19F2NO4/c1-2-10-29-23(28)17-12-26(15-8-9-15)20-16(21(17)27)11-18(24)19(25)22(20)30-13-14-6-4-3-5-7-14/h2-7,11-12,15H,1,8-10,13H2. The first kappa shape index (κ1) is 19.8. The molecule has 1 fully saturated rings. The molecule has 0 atom stereocenters. The average Bonchev–Trinajstić information content (AvgIpc) is 3.59. The number of esters is 1. The molecular weight excluding hydrogens is 392 g/mol. The van der Waals surface area contributed by atoms with E-state index in [1.165, 1.54) is 12.3 Å². The highest BCUT2D eigenvalue weighted by Crippen LogP contribution is 2.40. The molecule has 0 amide bonds. The molecule has 0 aliphatic heterocycles. The number of aromatic nitrogens is 1. The molecule has 5 nitrogen and oxygen atoms in total. The summed E-state index contributed by atoms with van der Waals surface area (Å²) in [6.45, 7) is 3.40. The predicted octanol–water partition coefficient (Wildman–Crippen LogP) is 4.54. The molecular formula is C23H19F2NO4. The van der Waals surface area contributed by atoms with Gasteiger partial charge in [-0.3, -0.25) is 4.79 Å². The van der Waals surface area contributed by atoms with Gasteiger partial charge in [-0.25, -0.2) is 9.18 Å². The second-order valence-corrected chi connectivity index (χ2v) is 7.07. The SMILES string of the molecule is C=CCOC(=O)c1cn(C2CC2)c2c(OCc3ccccc3)c(F)c(F)cc2c1=O. The van der Waals surface area contributed by atoms with Crippen LogP contribution in [0.4, 0.5) is 8.78 Å². The van der Waals surface area contributed by atoms with Crippen molar-refractivity contribution in [3.63, 3.8) is 0 Å². The van der Waals surface area contributed by atoms with Crippen LogP contribution in [-0.2, 0) is 11.3 Å². The summed E-state index contributed by atoms with van der Waals surface area (Å²) < 4.78 is 41.4. The van der Waals surface area contributed by atoms with E-state index in [-0.39, 0.29) is 41.5 Å². The van der Waals surface area contributed by atoms with Gasteiger partial charge < -0.3 is 14.0 Å². The Hall–Kier alpha value is -3.48. The van der Waals surface area contributed by atoms with Gasteiger partial charge in [0.1, 0.15) is 18.8 Å². The van der Waals surface area contributed by atoms with Crippen molar-refractivity contribution in [3.05, 3.63) is 88.2 Å². The normalized spacial score (nSPS) is 13.3. The third-order valence-electron chi connectivity index (χ3n) is 4.88. The van der Waals surface area contributed by atoms with Crippen molar-refractivity contribution in [3.8, 4) is 5.75 Å². The zero-order valence-electron chi connectivity index (χ0n) is 16.1. The van der Waals surface area contributed by atoms with Crippen molar-refractivity contribution < 1.29 is 23.0 Å². The molecule has 154 valence electrons. The maximum atomic E-state index is 14.7. The molecule has 7 heteroatoms. The van der Waals surface area contributed by atoms with Crippen LogP contribution in [0.15, 0.2) is 60.0 Å². The van der Waals surface area contributed by atoms with Crippen LogP contribution in [0.1, 0.15) is 34.8 Å². The monoisotopic (exact) mass is 411 g/mol. The molecule has 1 heterocycles. The minimum atomic E-state index is -1.22.